The predicted molar refractivity (Wildman–Crippen MR) is 81.9 cm³/mol. The van der Waals surface area contributed by atoms with Crippen molar-refractivity contribution in [3.63, 3.8) is 0 Å². The van der Waals surface area contributed by atoms with Gasteiger partial charge in [-0.3, -0.25) is 0 Å². The molecular weight excluding hydrogens is 246 g/mol. The molecule has 3 heteroatoms. The van der Waals surface area contributed by atoms with Gasteiger partial charge in [0.2, 0.25) is 0 Å². The molecule has 0 aliphatic carbocycles. The normalized spacial score (nSPS) is 14.7. The van der Waals surface area contributed by atoms with Gasteiger partial charge in [0.25, 0.3) is 0 Å². The van der Waals surface area contributed by atoms with Gasteiger partial charge in [0.1, 0.15) is 5.82 Å². The second-order valence-corrected chi connectivity index (χ2v) is 5.52. The summed E-state index contributed by atoms with van der Waals surface area (Å²) in [6.45, 7) is 4.27. The van der Waals surface area contributed by atoms with Gasteiger partial charge in [0.15, 0.2) is 0 Å². The molecule has 2 heterocycles. The fourth-order valence-corrected chi connectivity index (χ4v) is 2.91. The van der Waals surface area contributed by atoms with Crippen LogP contribution in [-0.4, -0.2) is 18.1 Å². The molecule has 3 nitrogen and oxygen atoms in total. The molecule has 1 aliphatic heterocycles. The van der Waals surface area contributed by atoms with Gasteiger partial charge in [0, 0.05) is 24.9 Å². The molecule has 102 valence electrons. The Kier molecular flexibility index (Phi) is 3.56. The summed E-state index contributed by atoms with van der Waals surface area (Å²) in [7, 11) is 0. The number of nitrogens with zero attached hydrogens (tertiary/aromatic N) is 3. The molecule has 0 amide bonds. The van der Waals surface area contributed by atoms with Crippen molar-refractivity contribution < 1.29 is 0 Å². The first kappa shape index (κ1) is 12.9. The first-order chi connectivity index (χ1) is 9.78. The third-order valence-electron chi connectivity index (χ3n) is 3.94. The third kappa shape index (κ3) is 2.46. The number of hydrogen-bond donors (Lipinski definition) is 0. The molecule has 3 rings (SSSR count). The smallest absolute Gasteiger partial charge is 0.132 e. The van der Waals surface area contributed by atoms with Crippen LogP contribution < -0.4 is 4.90 Å². The average molecular weight is 265 g/mol. The second-order valence-electron chi connectivity index (χ2n) is 5.52. The van der Waals surface area contributed by atoms with E-state index in [9.17, 15) is 0 Å². The zero-order chi connectivity index (χ0) is 13.9. The highest BCUT2D eigenvalue weighted by Gasteiger charge is 2.17. The molecule has 1 aromatic carbocycles. The molecule has 0 N–H and O–H groups in total. The van der Waals surface area contributed by atoms with E-state index in [-0.39, 0.29) is 0 Å². The topological polar surface area (TPSA) is 39.9 Å². The summed E-state index contributed by atoms with van der Waals surface area (Å²) >= 11 is 0. The van der Waals surface area contributed by atoms with Gasteiger partial charge in [-0.05, 0) is 49.9 Å². The first-order valence-electron chi connectivity index (χ1n) is 7.30. The third-order valence-corrected chi connectivity index (χ3v) is 3.94. The molecule has 1 fully saturated rings. The lowest BCUT2D eigenvalue weighted by Crippen LogP contribution is -2.20. The van der Waals surface area contributed by atoms with Gasteiger partial charge in [-0.2, -0.15) is 5.26 Å². The standard InChI is InChI=1S/C17H19N3/c1-13-6-7-16-15(11-13)12-14(5-4-8-18)17(19-16)20-9-2-3-10-20/h6-7,11-12H,2-5,9-10H2,1H3. The molecule has 0 saturated carbocycles. The number of hydrogen-bond acceptors (Lipinski definition) is 3. The molecule has 2 aromatic rings. The Balaban J connectivity index is 2.09. The van der Waals surface area contributed by atoms with Crippen LogP contribution in [0.15, 0.2) is 24.3 Å². The van der Waals surface area contributed by atoms with E-state index in [1.807, 2.05) is 0 Å². The first-order valence-corrected chi connectivity index (χ1v) is 7.30. The van der Waals surface area contributed by atoms with E-state index in [1.54, 1.807) is 0 Å². The number of pyridine rings is 1. The summed E-state index contributed by atoms with van der Waals surface area (Å²) in [4.78, 5) is 7.23. The van der Waals surface area contributed by atoms with Crippen molar-refractivity contribution in [1.82, 2.24) is 4.98 Å². The van der Waals surface area contributed by atoms with Gasteiger partial charge in [-0.25, -0.2) is 4.98 Å². The fraction of sp³-hybridized carbons (Fsp3) is 0.412. The number of rotatable bonds is 3. The Morgan fingerprint density at radius 2 is 2.05 bits per heavy atom. The highest BCUT2D eigenvalue weighted by molar-refractivity contribution is 5.82. The number of aryl methyl sites for hydroxylation is 2. The summed E-state index contributed by atoms with van der Waals surface area (Å²) in [6, 6.07) is 10.8. The van der Waals surface area contributed by atoms with Crippen molar-refractivity contribution in [3.05, 3.63) is 35.4 Å². The van der Waals surface area contributed by atoms with Crippen molar-refractivity contribution in [2.75, 3.05) is 18.0 Å². The lowest BCUT2D eigenvalue weighted by atomic mass is 10.1. The van der Waals surface area contributed by atoms with Gasteiger partial charge in [-0.1, -0.05) is 11.6 Å². The molecule has 1 saturated heterocycles. The zero-order valence-corrected chi connectivity index (χ0v) is 11.9. The Morgan fingerprint density at radius 1 is 1.25 bits per heavy atom. The van der Waals surface area contributed by atoms with Crippen molar-refractivity contribution in [3.8, 4) is 6.07 Å². The van der Waals surface area contributed by atoms with Gasteiger partial charge >= 0.3 is 0 Å². The zero-order valence-electron chi connectivity index (χ0n) is 11.9. The van der Waals surface area contributed by atoms with Crippen LogP contribution in [0.1, 0.15) is 30.4 Å². The molecule has 0 radical (unpaired) electrons. The highest BCUT2D eigenvalue weighted by atomic mass is 15.2. The number of nitriles is 1. The minimum atomic E-state index is 0.555. The molecule has 0 atom stereocenters. The predicted octanol–water partition coefficient (Wildman–Crippen LogP) is 3.60. The molecule has 0 spiro atoms. The Labute approximate surface area is 119 Å². The van der Waals surface area contributed by atoms with E-state index in [0.717, 1.165) is 30.8 Å². The van der Waals surface area contributed by atoms with Gasteiger partial charge in [0.05, 0.1) is 11.6 Å². The maximum Gasteiger partial charge on any atom is 0.132 e. The number of fused-ring (bicyclic) bond motifs is 1. The van der Waals surface area contributed by atoms with E-state index in [0.29, 0.717) is 6.42 Å². The van der Waals surface area contributed by atoms with Crippen LogP contribution in [0.4, 0.5) is 5.82 Å². The maximum atomic E-state index is 8.86. The molecule has 1 aliphatic rings. The van der Waals surface area contributed by atoms with E-state index in [2.05, 4.69) is 42.2 Å². The largest absolute Gasteiger partial charge is 0.356 e. The minimum absolute atomic E-state index is 0.555. The SMILES string of the molecule is Cc1ccc2nc(N3CCCC3)c(CCC#N)cc2c1. The van der Waals surface area contributed by atoms with E-state index in [1.165, 1.54) is 29.4 Å². The van der Waals surface area contributed by atoms with Crippen LogP contribution >= 0.6 is 0 Å². The summed E-state index contributed by atoms with van der Waals surface area (Å²) in [6.07, 6.45) is 3.83. The summed E-state index contributed by atoms with van der Waals surface area (Å²) in [5.74, 6) is 1.09. The lowest BCUT2D eigenvalue weighted by Gasteiger charge is -2.20. The van der Waals surface area contributed by atoms with E-state index in [4.69, 9.17) is 10.2 Å². The van der Waals surface area contributed by atoms with Crippen LogP contribution in [0.2, 0.25) is 0 Å². The van der Waals surface area contributed by atoms with Crippen molar-refractivity contribution in [2.24, 2.45) is 0 Å². The monoisotopic (exact) mass is 265 g/mol. The highest BCUT2D eigenvalue weighted by Crippen LogP contribution is 2.27. The quantitative estimate of drug-likeness (QED) is 0.851. The lowest BCUT2D eigenvalue weighted by molar-refractivity contribution is 0.906. The molecule has 0 unspecified atom stereocenters. The average Bonchev–Trinajstić information content (AvgIpc) is 2.98. The van der Waals surface area contributed by atoms with Crippen molar-refractivity contribution in [1.29, 1.82) is 5.26 Å². The molecular formula is C17H19N3. The molecule has 20 heavy (non-hydrogen) atoms. The van der Waals surface area contributed by atoms with Gasteiger partial charge in [-0.15, -0.1) is 0 Å². The Morgan fingerprint density at radius 3 is 2.80 bits per heavy atom. The van der Waals surface area contributed by atoms with Crippen LogP contribution in [0.5, 0.6) is 0 Å². The van der Waals surface area contributed by atoms with Crippen molar-refractivity contribution >= 4 is 16.7 Å². The molecule has 0 bridgehead atoms. The second kappa shape index (κ2) is 5.50. The number of anilines is 1. The van der Waals surface area contributed by atoms with Gasteiger partial charge < -0.3 is 4.90 Å². The van der Waals surface area contributed by atoms with Crippen LogP contribution in [0, 0.1) is 18.3 Å². The Hall–Kier alpha value is -2.08. The Bertz CT molecular complexity index is 664. The fourth-order valence-electron chi connectivity index (χ4n) is 2.91. The van der Waals surface area contributed by atoms with Crippen LogP contribution in [0.3, 0.4) is 0 Å². The summed E-state index contributed by atoms with van der Waals surface area (Å²) < 4.78 is 0. The van der Waals surface area contributed by atoms with Crippen molar-refractivity contribution in [2.45, 2.75) is 32.6 Å². The minimum Gasteiger partial charge on any atom is -0.356 e. The summed E-state index contributed by atoms with van der Waals surface area (Å²) in [5.41, 5.74) is 3.52. The van der Waals surface area contributed by atoms with Crippen LogP contribution in [0.25, 0.3) is 10.9 Å². The number of aromatic nitrogens is 1. The van der Waals surface area contributed by atoms with E-state index >= 15 is 0 Å². The van der Waals surface area contributed by atoms with E-state index < -0.39 is 0 Å². The van der Waals surface area contributed by atoms with Crippen LogP contribution in [-0.2, 0) is 6.42 Å². The summed E-state index contributed by atoms with van der Waals surface area (Å²) in [5, 5.41) is 10.0. The maximum absolute atomic E-state index is 8.86. The molecule has 1 aromatic heterocycles. The number of benzene rings is 1.